The summed E-state index contributed by atoms with van der Waals surface area (Å²) in [4.78, 5) is 29.8. The Hall–Kier alpha value is -3.46. The highest BCUT2D eigenvalue weighted by Gasteiger charge is 2.27. The number of H-pyrrole nitrogens is 1. The predicted octanol–water partition coefficient (Wildman–Crippen LogP) is 4.20. The molecule has 7 nitrogen and oxygen atoms in total. The number of ether oxygens (including phenoxy) is 3. The van der Waals surface area contributed by atoms with Gasteiger partial charge in [-0.05, 0) is 42.8 Å². The summed E-state index contributed by atoms with van der Waals surface area (Å²) in [5, 5.41) is 0.930. The van der Waals surface area contributed by atoms with Crippen LogP contribution in [0, 0.1) is 18.6 Å². The number of rotatable bonds is 8. The van der Waals surface area contributed by atoms with Gasteiger partial charge < -0.3 is 24.1 Å². The fourth-order valence-corrected chi connectivity index (χ4v) is 4.27. The third-order valence-electron chi connectivity index (χ3n) is 6.20. The van der Waals surface area contributed by atoms with E-state index in [1.54, 1.807) is 18.9 Å². The zero-order valence-electron chi connectivity index (χ0n) is 20.0. The second kappa shape index (κ2) is 10.4. The van der Waals surface area contributed by atoms with Crippen molar-refractivity contribution in [3.63, 3.8) is 0 Å². The summed E-state index contributed by atoms with van der Waals surface area (Å²) < 4.78 is 45.1. The number of methoxy groups -OCH3 is 1. The second-order valence-electron chi connectivity index (χ2n) is 8.51. The van der Waals surface area contributed by atoms with E-state index in [9.17, 15) is 18.4 Å². The van der Waals surface area contributed by atoms with E-state index in [-0.39, 0.29) is 49.9 Å². The summed E-state index contributed by atoms with van der Waals surface area (Å²) in [6, 6.07) is 7.62. The number of nitrogens with zero attached hydrogens (tertiary/aromatic N) is 1. The van der Waals surface area contributed by atoms with Gasteiger partial charge in [-0.25, -0.2) is 8.78 Å². The van der Waals surface area contributed by atoms with Gasteiger partial charge in [0.05, 0.1) is 26.7 Å². The van der Waals surface area contributed by atoms with Crippen molar-refractivity contribution in [2.75, 3.05) is 33.4 Å². The Morgan fingerprint density at radius 3 is 2.63 bits per heavy atom. The van der Waals surface area contributed by atoms with Crippen molar-refractivity contribution in [3.05, 3.63) is 58.8 Å². The molecule has 0 radical (unpaired) electrons. The van der Waals surface area contributed by atoms with Crippen molar-refractivity contribution >= 4 is 22.6 Å². The quantitative estimate of drug-likeness (QED) is 0.483. The van der Waals surface area contributed by atoms with Gasteiger partial charge in [-0.1, -0.05) is 6.92 Å². The highest BCUT2D eigenvalue weighted by atomic mass is 19.1. The molecule has 3 aromatic rings. The van der Waals surface area contributed by atoms with E-state index in [2.05, 4.69) is 4.98 Å². The zero-order valence-corrected chi connectivity index (χ0v) is 20.0. The number of carbonyl (C=O) groups excluding carboxylic acids is 2. The maximum absolute atomic E-state index is 14.4. The normalized spacial score (nSPS) is 15.9. The molecule has 0 bridgehead atoms. The van der Waals surface area contributed by atoms with Gasteiger partial charge in [0.2, 0.25) is 5.91 Å². The number of aromatic amines is 1. The van der Waals surface area contributed by atoms with E-state index in [0.717, 1.165) is 34.3 Å². The molecule has 186 valence electrons. The fraction of sp³-hybridized carbons (Fsp3) is 0.385. The summed E-state index contributed by atoms with van der Waals surface area (Å²) in [6.45, 7) is 4.34. The average Bonchev–Trinajstić information content (AvgIpc) is 3.16. The number of amides is 1. The molecule has 9 heteroatoms. The number of nitrogens with one attached hydrogen (secondary N) is 1. The van der Waals surface area contributed by atoms with Crippen LogP contribution in [0.5, 0.6) is 11.5 Å². The van der Waals surface area contributed by atoms with E-state index in [1.807, 2.05) is 25.1 Å². The number of ketones is 1. The average molecular weight is 487 g/mol. The molecule has 0 saturated carbocycles. The van der Waals surface area contributed by atoms with Crippen molar-refractivity contribution in [2.24, 2.45) is 0 Å². The van der Waals surface area contributed by atoms with Gasteiger partial charge in [-0.2, -0.15) is 0 Å². The van der Waals surface area contributed by atoms with Crippen LogP contribution < -0.4 is 9.47 Å². The minimum atomic E-state index is -0.948. The number of fused-ring (bicyclic) bond motifs is 1. The third-order valence-corrected chi connectivity index (χ3v) is 6.20. The standard InChI is InChI=1S/C26H28F2N2O5/c1-4-24(31)16-9-21(27)26(22(28)10-16)35-14-18-13-30(7-8-34-18)25(32)12-19-15(2)29-23-6-5-17(33-3)11-20(19)23/h5-6,9-11,18,29H,4,7-8,12-14H2,1-3H3. The first-order chi connectivity index (χ1) is 16.8. The molecule has 35 heavy (non-hydrogen) atoms. The summed E-state index contributed by atoms with van der Waals surface area (Å²) in [7, 11) is 1.60. The lowest BCUT2D eigenvalue weighted by molar-refractivity contribution is -0.139. The zero-order chi connectivity index (χ0) is 25.1. The van der Waals surface area contributed by atoms with Gasteiger partial charge in [0.1, 0.15) is 18.5 Å². The maximum atomic E-state index is 14.4. The smallest absolute Gasteiger partial charge is 0.227 e. The number of morpholine rings is 1. The summed E-state index contributed by atoms with van der Waals surface area (Å²) in [5.74, 6) is -2.19. The molecule has 1 atom stereocenters. The topological polar surface area (TPSA) is 80.9 Å². The van der Waals surface area contributed by atoms with Gasteiger partial charge in [0.15, 0.2) is 23.2 Å². The minimum Gasteiger partial charge on any atom is -0.497 e. The molecular formula is C26H28F2N2O5. The maximum Gasteiger partial charge on any atom is 0.227 e. The fourth-order valence-electron chi connectivity index (χ4n) is 4.27. The molecule has 0 spiro atoms. The van der Waals surface area contributed by atoms with E-state index in [4.69, 9.17) is 14.2 Å². The number of aromatic nitrogens is 1. The highest BCUT2D eigenvalue weighted by Crippen LogP contribution is 2.28. The van der Waals surface area contributed by atoms with Gasteiger partial charge in [0, 0.05) is 35.1 Å². The number of hydrogen-bond donors (Lipinski definition) is 1. The molecule has 1 saturated heterocycles. The van der Waals surface area contributed by atoms with Gasteiger partial charge in [-0.15, -0.1) is 0 Å². The van der Waals surface area contributed by atoms with Crippen LogP contribution in [0.3, 0.4) is 0 Å². The molecule has 2 aromatic carbocycles. The molecule has 2 heterocycles. The third kappa shape index (κ3) is 5.30. The Bertz CT molecular complexity index is 1230. The molecule has 1 N–H and O–H groups in total. The largest absolute Gasteiger partial charge is 0.497 e. The molecule has 4 rings (SSSR count). The Morgan fingerprint density at radius 2 is 1.94 bits per heavy atom. The number of halogens is 2. The SMILES string of the molecule is CCC(=O)c1cc(F)c(OCC2CN(C(=O)Cc3c(C)[nH]c4ccc(OC)cc34)CCO2)c(F)c1. The first-order valence-electron chi connectivity index (χ1n) is 11.5. The number of aryl methyl sites for hydroxylation is 1. The van der Waals surface area contributed by atoms with Crippen LogP contribution in [-0.4, -0.2) is 61.1 Å². The van der Waals surface area contributed by atoms with E-state index in [0.29, 0.717) is 12.3 Å². The van der Waals surface area contributed by atoms with Crippen LogP contribution in [0.2, 0.25) is 0 Å². The summed E-state index contributed by atoms with van der Waals surface area (Å²) in [6.07, 6.45) is -0.208. The molecular weight excluding hydrogens is 458 g/mol. The van der Waals surface area contributed by atoms with Crippen molar-refractivity contribution in [2.45, 2.75) is 32.8 Å². The lowest BCUT2D eigenvalue weighted by atomic mass is 10.1. The first-order valence-corrected chi connectivity index (χ1v) is 11.5. The number of benzene rings is 2. The van der Waals surface area contributed by atoms with Crippen LogP contribution in [0.25, 0.3) is 10.9 Å². The number of carbonyl (C=O) groups is 2. The van der Waals surface area contributed by atoms with E-state index in [1.165, 1.54) is 0 Å². The molecule has 0 aliphatic carbocycles. The molecule has 1 aromatic heterocycles. The molecule has 1 aliphatic rings. The van der Waals surface area contributed by atoms with Crippen molar-refractivity contribution < 1.29 is 32.6 Å². The van der Waals surface area contributed by atoms with Crippen molar-refractivity contribution in [1.82, 2.24) is 9.88 Å². The van der Waals surface area contributed by atoms with E-state index >= 15 is 0 Å². The van der Waals surface area contributed by atoms with E-state index < -0.39 is 23.5 Å². The molecule has 1 unspecified atom stereocenters. The summed E-state index contributed by atoms with van der Waals surface area (Å²) >= 11 is 0. The van der Waals surface area contributed by atoms with Crippen LogP contribution in [0.4, 0.5) is 8.78 Å². The van der Waals surface area contributed by atoms with Crippen LogP contribution in [-0.2, 0) is 16.0 Å². The number of hydrogen-bond acceptors (Lipinski definition) is 5. The van der Waals surface area contributed by atoms with Crippen LogP contribution >= 0.6 is 0 Å². The summed E-state index contributed by atoms with van der Waals surface area (Å²) in [5.41, 5.74) is 2.69. The molecule has 1 aliphatic heterocycles. The van der Waals surface area contributed by atoms with Crippen LogP contribution in [0.1, 0.15) is 35.0 Å². The van der Waals surface area contributed by atoms with Gasteiger partial charge in [0.25, 0.3) is 0 Å². The Labute approximate surface area is 202 Å². The Morgan fingerprint density at radius 1 is 1.20 bits per heavy atom. The molecule has 1 fully saturated rings. The minimum absolute atomic E-state index is 0.0364. The predicted molar refractivity (Wildman–Crippen MR) is 126 cm³/mol. The lowest BCUT2D eigenvalue weighted by Gasteiger charge is -2.33. The monoisotopic (exact) mass is 486 g/mol. The highest BCUT2D eigenvalue weighted by molar-refractivity contribution is 5.96. The van der Waals surface area contributed by atoms with Gasteiger partial charge >= 0.3 is 0 Å². The Kier molecular flexibility index (Phi) is 7.35. The van der Waals surface area contributed by atoms with Gasteiger partial charge in [-0.3, -0.25) is 9.59 Å². The second-order valence-corrected chi connectivity index (χ2v) is 8.51. The van der Waals surface area contributed by atoms with Crippen molar-refractivity contribution in [1.29, 1.82) is 0 Å². The van der Waals surface area contributed by atoms with Crippen molar-refractivity contribution in [3.8, 4) is 11.5 Å². The first kappa shape index (κ1) is 24.7. The Balaban J connectivity index is 1.41. The van der Waals surface area contributed by atoms with Crippen LogP contribution in [0.15, 0.2) is 30.3 Å². The number of Topliss-reactive ketones (excluding diaryl/α,β-unsaturated/α-hetero) is 1. The lowest BCUT2D eigenvalue weighted by Crippen LogP contribution is -2.48. The molecule has 1 amide bonds.